The normalized spacial score (nSPS) is 12.4. The molecule has 0 bridgehead atoms. The fourth-order valence-electron chi connectivity index (χ4n) is 1.92. The number of ether oxygens (including phenoxy) is 4. The number of carbonyl (C=O) groups excluding carboxylic acids is 3. The van der Waals surface area contributed by atoms with Gasteiger partial charge in [-0.1, -0.05) is 0 Å². The van der Waals surface area contributed by atoms with Crippen molar-refractivity contribution in [2.45, 2.75) is 71.0 Å². The molecule has 7 nitrogen and oxygen atoms in total. The number of ketones is 1. The number of Topliss-reactive ketones (excluding diaryl/α,β-unsaturated/α-hetero) is 1. The van der Waals surface area contributed by atoms with Crippen molar-refractivity contribution in [3.63, 3.8) is 0 Å². The molecule has 0 aromatic rings. The SMILES string of the molecule is C#CCCCC(=O)COC(C)(COC(=O)CCCC#C)COC(=O)OC(C)C. The number of terminal acetylenes is 2. The predicted molar refractivity (Wildman–Crippen MR) is 103 cm³/mol. The van der Waals surface area contributed by atoms with Crippen molar-refractivity contribution >= 4 is 17.9 Å². The van der Waals surface area contributed by atoms with Gasteiger partial charge in [-0.25, -0.2) is 4.79 Å². The summed E-state index contributed by atoms with van der Waals surface area (Å²) >= 11 is 0. The molecule has 0 saturated heterocycles. The van der Waals surface area contributed by atoms with Crippen LogP contribution in [0.5, 0.6) is 0 Å². The van der Waals surface area contributed by atoms with Crippen molar-refractivity contribution < 1.29 is 33.3 Å². The van der Waals surface area contributed by atoms with Crippen molar-refractivity contribution in [1.29, 1.82) is 0 Å². The molecule has 0 radical (unpaired) electrons. The molecule has 1 atom stereocenters. The number of carbonyl (C=O) groups is 3. The third-order valence-corrected chi connectivity index (χ3v) is 3.43. The minimum absolute atomic E-state index is 0.147. The monoisotopic (exact) mass is 394 g/mol. The van der Waals surface area contributed by atoms with E-state index in [1.165, 1.54) is 0 Å². The summed E-state index contributed by atoms with van der Waals surface area (Å²) in [6.07, 6.45) is 11.6. The maximum absolute atomic E-state index is 11.9. The van der Waals surface area contributed by atoms with Gasteiger partial charge in [0.2, 0.25) is 0 Å². The number of hydrogen-bond donors (Lipinski definition) is 0. The number of hydrogen-bond acceptors (Lipinski definition) is 7. The van der Waals surface area contributed by atoms with E-state index in [-0.39, 0.29) is 44.5 Å². The summed E-state index contributed by atoms with van der Waals surface area (Å²) in [4.78, 5) is 35.3. The Morgan fingerprint density at radius 2 is 1.54 bits per heavy atom. The molecular weight excluding hydrogens is 364 g/mol. The van der Waals surface area contributed by atoms with Crippen LogP contribution in [0.2, 0.25) is 0 Å². The van der Waals surface area contributed by atoms with Crippen LogP contribution >= 0.6 is 0 Å². The van der Waals surface area contributed by atoms with Gasteiger partial charge >= 0.3 is 12.1 Å². The Morgan fingerprint density at radius 3 is 2.11 bits per heavy atom. The first kappa shape index (κ1) is 25.5. The zero-order valence-electron chi connectivity index (χ0n) is 17.0. The second kappa shape index (κ2) is 14.5. The van der Waals surface area contributed by atoms with Gasteiger partial charge < -0.3 is 18.9 Å². The predicted octanol–water partition coefficient (Wildman–Crippen LogP) is 3.04. The Balaban J connectivity index is 4.68. The number of rotatable bonds is 14. The zero-order valence-corrected chi connectivity index (χ0v) is 17.0. The maximum atomic E-state index is 11.9. The van der Waals surface area contributed by atoms with Crippen molar-refractivity contribution in [2.75, 3.05) is 19.8 Å². The molecule has 0 N–H and O–H groups in total. The molecule has 0 rings (SSSR count). The van der Waals surface area contributed by atoms with E-state index < -0.39 is 17.7 Å². The van der Waals surface area contributed by atoms with Crippen LogP contribution in [0.15, 0.2) is 0 Å². The molecule has 0 aromatic heterocycles. The molecule has 0 saturated carbocycles. The average Bonchev–Trinajstić information content (AvgIpc) is 2.63. The van der Waals surface area contributed by atoms with Crippen LogP contribution in [-0.2, 0) is 28.5 Å². The standard InChI is InChI=1S/C21H30O7/c1-6-8-10-12-18(22)14-27-21(5,16-26-20(24)28-17(3)4)15-25-19(23)13-11-9-7-2/h1-2,17H,8-16H2,3-5H3. The third kappa shape index (κ3) is 13.7. The van der Waals surface area contributed by atoms with E-state index in [0.717, 1.165) is 0 Å². The van der Waals surface area contributed by atoms with Gasteiger partial charge in [0.15, 0.2) is 5.78 Å². The lowest BCUT2D eigenvalue weighted by molar-refractivity contribution is -0.161. The van der Waals surface area contributed by atoms with Crippen LogP contribution in [-0.4, -0.2) is 49.4 Å². The zero-order chi connectivity index (χ0) is 21.4. The highest BCUT2D eigenvalue weighted by atomic mass is 16.7. The first-order valence-electron chi connectivity index (χ1n) is 9.24. The first-order chi connectivity index (χ1) is 13.2. The van der Waals surface area contributed by atoms with E-state index in [1.807, 2.05) is 0 Å². The van der Waals surface area contributed by atoms with E-state index in [1.54, 1.807) is 20.8 Å². The first-order valence-corrected chi connectivity index (χ1v) is 9.24. The van der Waals surface area contributed by atoms with Crippen LogP contribution in [0.4, 0.5) is 4.79 Å². The van der Waals surface area contributed by atoms with Crippen LogP contribution in [0, 0.1) is 24.7 Å². The Morgan fingerprint density at radius 1 is 0.964 bits per heavy atom. The van der Waals surface area contributed by atoms with Crippen molar-refractivity contribution in [1.82, 2.24) is 0 Å². The summed E-state index contributed by atoms with van der Waals surface area (Å²) in [7, 11) is 0. The van der Waals surface area contributed by atoms with Gasteiger partial charge in [-0.3, -0.25) is 9.59 Å². The van der Waals surface area contributed by atoms with E-state index >= 15 is 0 Å². The maximum Gasteiger partial charge on any atom is 0.508 e. The van der Waals surface area contributed by atoms with Gasteiger partial charge in [-0.15, -0.1) is 24.7 Å². The molecule has 0 aromatic carbocycles. The summed E-state index contributed by atoms with van der Waals surface area (Å²) in [6.45, 7) is 4.31. The lowest BCUT2D eigenvalue weighted by Gasteiger charge is -2.28. The van der Waals surface area contributed by atoms with E-state index in [9.17, 15) is 14.4 Å². The van der Waals surface area contributed by atoms with E-state index in [0.29, 0.717) is 25.7 Å². The Kier molecular flexibility index (Phi) is 13.2. The van der Waals surface area contributed by atoms with Crippen LogP contribution < -0.4 is 0 Å². The highest BCUT2D eigenvalue weighted by molar-refractivity contribution is 5.79. The Bertz CT molecular complexity index is 545. The fraction of sp³-hybridized carbons (Fsp3) is 0.667. The summed E-state index contributed by atoms with van der Waals surface area (Å²) in [5.41, 5.74) is -1.19. The van der Waals surface area contributed by atoms with Crippen LogP contribution in [0.1, 0.15) is 59.3 Å². The van der Waals surface area contributed by atoms with Gasteiger partial charge in [-0.2, -0.15) is 0 Å². The number of esters is 1. The van der Waals surface area contributed by atoms with Crippen LogP contribution in [0.3, 0.4) is 0 Å². The Hall–Kier alpha value is -2.51. The average molecular weight is 394 g/mol. The largest absolute Gasteiger partial charge is 0.508 e. The topological polar surface area (TPSA) is 88.1 Å². The van der Waals surface area contributed by atoms with Crippen molar-refractivity contribution in [3.8, 4) is 24.7 Å². The third-order valence-electron chi connectivity index (χ3n) is 3.43. The van der Waals surface area contributed by atoms with Gasteiger partial charge in [-0.05, 0) is 33.6 Å². The highest BCUT2D eigenvalue weighted by Gasteiger charge is 2.31. The summed E-state index contributed by atoms with van der Waals surface area (Å²) in [5, 5.41) is 0. The van der Waals surface area contributed by atoms with Gasteiger partial charge in [0, 0.05) is 25.7 Å². The quantitative estimate of drug-likeness (QED) is 0.254. The number of unbranched alkanes of at least 4 members (excludes halogenated alkanes) is 2. The molecule has 0 aliphatic heterocycles. The molecular formula is C21H30O7. The molecule has 0 spiro atoms. The molecule has 156 valence electrons. The molecule has 0 aliphatic rings. The Labute approximate surface area is 167 Å². The van der Waals surface area contributed by atoms with Gasteiger partial charge in [0.25, 0.3) is 0 Å². The minimum Gasteiger partial charge on any atom is -0.462 e. The molecule has 0 amide bonds. The lowest BCUT2D eigenvalue weighted by atomic mass is 10.1. The van der Waals surface area contributed by atoms with E-state index in [4.69, 9.17) is 31.8 Å². The van der Waals surface area contributed by atoms with Crippen LogP contribution in [0.25, 0.3) is 0 Å². The molecule has 28 heavy (non-hydrogen) atoms. The smallest absolute Gasteiger partial charge is 0.462 e. The van der Waals surface area contributed by atoms with Crippen molar-refractivity contribution in [3.05, 3.63) is 0 Å². The molecule has 1 unspecified atom stereocenters. The summed E-state index contributed by atoms with van der Waals surface area (Å²) in [6, 6.07) is 0. The van der Waals surface area contributed by atoms with Gasteiger partial charge in [0.1, 0.15) is 25.4 Å². The van der Waals surface area contributed by atoms with E-state index in [2.05, 4.69) is 11.8 Å². The van der Waals surface area contributed by atoms with Gasteiger partial charge in [0.05, 0.1) is 6.10 Å². The fourth-order valence-corrected chi connectivity index (χ4v) is 1.92. The molecule has 7 heteroatoms. The molecule has 0 aliphatic carbocycles. The summed E-state index contributed by atoms with van der Waals surface area (Å²) < 4.78 is 20.7. The lowest BCUT2D eigenvalue weighted by Crippen LogP contribution is -2.42. The molecule has 0 heterocycles. The highest BCUT2D eigenvalue weighted by Crippen LogP contribution is 2.15. The summed E-state index contributed by atoms with van der Waals surface area (Å²) in [5.74, 6) is 4.31. The van der Waals surface area contributed by atoms with Crippen molar-refractivity contribution in [2.24, 2.45) is 0 Å². The molecule has 0 fully saturated rings. The second-order valence-electron chi connectivity index (χ2n) is 6.76. The second-order valence-corrected chi connectivity index (χ2v) is 6.76. The minimum atomic E-state index is -1.19.